The second-order valence-corrected chi connectivity index (χ2v) is 7.04. The standard InChI is InChI=1S/C22H30N4O.HI/c1-3-24-22(25-13-11-19-10-12-23-14-17(19)2)26-15-20-6-4-5-7-21(20)27-16-18-8-9-18;/h4-7,10,12,14,18H,3,8-9,11,13,15-16H2,1-2H3,(H2,24,25,26);1H. The first-order chi connectivity index (χ1) is 13.3. The molecule has 6 heteroatoms. The highest BCUT2D eigenvalue weighted by molar-refractivity contribution is 14.0. The molecule has 3 rings (SSSR count). The monoisotopic (exact) mass is 494 g/mol. The van der Waals surface area contributed by atoms with Crippen LogP contribution >= 0.6 is 24.0 Å². The van der Waals surface area contributed by atoms with Crippen molar-refractivity contribution in [2.24, 2.45) is 10.9 Å². The van der Waals surface area contributed by atoms with Crippen molar-refractivity contribution in [2.45, 2.75) is 39.7 Å². The molecule has 0 spiro atoms. The third-order valence-electron chi connectivity index (χ3n) is 4.72. The molecule has 2 aromatic rings. The van der Waals surface area contributed by atoms with Gasteiger partial charge in [-0.15, -0.1) is 24.0 Å². The van der Waals surface area contributed by atoms with E-state index in [2.05, 4.69) is 41.6 Å². The van der Waals surface area contributed by atoms with E-state index < -0.39 is 0 Å². The van der Waals surface area contributed by atoms with Gasteiger partial charge >= 0.3 is 0 Å². The summed E-state index contributed by atoms with van der Waals surface area (Å²) in [6, 6.07) is 10.3. The van der Waals surface area contributed by atoms with Crippen molar-refractivity contribution in [3.8, 4) is 5.75 Å². The normalized spacial score (nSPS) is 13.6. The minimum absolute atomic E-state index is 0. The van der Waals surface area contributed by atoms with Crippen molar-refractivity contribution in [1.29, 1.82) is 0 Å². The van der Waals surface area contributed by atoms with Crippen molar-refractivity contribution >= 4 is 29.9 Å². The van der Waals surface area contributed by atoms with E-state index in [9.17, 15) is 0 Å². The van der Waals surface area contributed by atoms with Crippen LogP contribution in [0.3, 0.4) is 0 Å². The van der Waals surface area contributed by atoms with Gasteiger partial charge in [-0.05, 0) is 62.3 Å². The van der Waals surface area contributed by atoms with Crippen molar-refractivity contribution in [1.82, 2.24) is 15.6 Å². The minimum atomic E-state index is 0. The fourth-order valence-corrected chi connectivity index (χ4v) is 2.87. The van der Waals surface area contributed by atoms with Crippen LogP contribution in [0.2, 0.25) is 0 Å². The zero-order valence-electron chi connectivity index (χ0n) is 16.8. The molecule has 0 amide bonds. The molecule has 1 aliphatic carbocycles. The third kappa shape index (κ3) is 7.30. The maximum Gasteiger partial charge on any atom is 0.191 e. The summed E-state index contributed by atoms with van der Waals surface area (Å²) in [5.74, 6) is 2.54. The van der Waals surface area contributed by atoms with E-state index in [4.69, 9.17) is 9.73 Å². The molecular weight excluding hydrogens is 463 g/mol. The van der Waals surface area contributed by atoms with Crippen LogP contribution in [0, 0.1) is 12.8 Å². The summed E-state index contributed by atoms with van der Waals surface area (Å²) < 4.78 is 5.99. The molecule has 28 heavy (non-hydrogen) atoms. The Balaban J connectivity index is 0.00000280. The van der Waals surface area contributed by atoms with Crippen LogP contribution in [-0.2, 0) is 13.0 Å². The molecule has 0 atom stereocenters. The minimum Gasteiger partial charge on any atom is -0.493 e. The van der Waals surface area contributed by atoms with E-state index in [1.807, 2.05) is 30.6 Å². The van der Waals surface area contributed by atoms with Gasteiger partial charge < -0.3 is 15.4 Å². The van der Waals surface area contributed by atoms with Crippen LogP contribution < -0.4 is 15.4 Å². The van der Waals surface area contributed by atoms with E-state index >= 15 is 0 Å². The SMILES string of the molecule is CCNC(=NCc1ccccc1OCC1CC1)NCCc1ccncc1C.I. The number of aromatic nitrogens is 1. The molecule has 1 saturated carbocycles. The van der Waals surface area contributed by atoms with Crippen LogP contribution in [0.4, 0.5) is 0 Å². The van der Waals surface area contributed by atoms with Gasteiger partial charge in [0.15, 0.2) is 5.96 Å². The van der Waals surface area contributed by atoms with Gasteiger partial charge in [-0.1, -0.05) is 18.2 Å². The number of aliphatic imine (C=N–C) groups is 1. The quantitative estimate of drug-likeness (QED) is 0.313. The van der Waals surface area contributed by atoms with Gasteiger partial charge in [-0.3, -0.25) is 4.98 Å². The van der Waals surface area contributed by atoms with E-state index in [0.29, 0.717) is 6.54 Å². The van der Waals surface area contributed by atoms with Crippen LogP contribution in [0.25, 0.3) is 0 Å². The zero-order valence-corrected chi connectivity index (χ0v) is 19.1. The molecule has 0 aliphatic heterocycles. The number of benzene rings is 1. The number of hydrogen-bond donors (Lipinski definition) is 2. The topological polar surface area (TPSA) is 58.5 Å². The first-order valence-corrected chi connectivity index (χ1v) is 9.88. The van der Waals surface area contributed by atoms with Gasteiger partial charge in [0.25, 0.3) is 0 Å². The summed E-state index contributed by atoms with van der Waals surface area (Å²) in [4.78, 5) is 8.89. The van der Waals surface area contributed by atoms with E-state index in [0.717, 1.165) is 49.3 Å². The van der Waals surface area contributed by atoms with Crippen molar-refractivity contribution in [3.05, 3.63) is 59.4 Å². The summed E-state index contributed by atoms with van der Waals surface area (Å²) in [5, 5.41) is 6.74. The Morgan fingerprint density at radius 3 is 2.75 bits per heavy atom. The number of hydrogen-bond acceptors (Lipinski definition) is 3. The summed E-state index contributed by atoms with van der Waals surface area (Å²) in [7, 11) is 0. The molecular formula is C22H31IN4O. The van der Waals surface area contributed by atoms with Gasteiger partial charge in [0.1, 0.15) is 5.75 Å². The third-order valence-corrected chi connectivity index (χ3v) is 4.72. The van der Waals surface area contributed by atoms with Gasteiger partial charge in [0.05, 0.1) is 13.2 Å². The number of pyridine rings is 1. The Bertz CT molecular complexity index is 762. The first kappa shape index (κ1) is 22.5. The average molecular weight is 494 g/mol. The van der Waals surface area contributed by atoms with Crippen molar-refractivity contribution in [2.75, 3.05) is 19.7 Å². The number of ether oxygens (including phenoxy) is 1. The molecule has 1 aromatic heterocycles. The Kier molecular flexibility index (Phi) is 9.54. The molecule has 1 fully saturated rings. The number of guanidine groups is 1. The number of para-hydroxylation sites is 1. The number of rotatable bonds is 9. The fraction of sp³-hybridized carbons (Fsp3) is 0.455. The van der Waals surface area contributed by atoms with E-state index in [1.165, 1.54) is 24.0 Å². The Labute approximate surface area is 185 Å². The molecule has 0 radical (unpaired) electrons. The molecule has 0 saturated heterocycles. The highest BCUT2D eigenvalue weighted by Crippen LogP contribution is 2.30. The van der Waals surface area contributed by atoms with Gasteiger partial charge in [-0.25, -0.2) is 4.99 Å². The van der Waals surface area contributed by atoms with Crippen LogP contribution in [0.5, 0.6) is 5.75 Å². The summed E-state index contributed by atoms with van der Waals surface area (Å²) >= 11 is 0. The van der Waals surface area contributed by atoms with E-state index in [-0.39, 0.29) is 24.0 Å². The smallest absolute Gasteiger partial charge is 0.191 e. The average Bonchev–Trinajstić information content (AvgIpc) is 3.51. The molecule has 1 aromatic carbocycles. The number of nitrogens with zero attached hydrogens (tertiary/aromatic N) is 2. The summed E-state index contributed by atoms with van der Waals surface area (Å²) in [6.07, 6.45) is 7.30. The van der Waals surface area contributed by atoms with Crippen molar-refractivity contribution < 1.29 is 4.74 Å². The molecule has 5 nitrogen and oxygen atoms in total. The lowest BCUT2D eigenvalue weighted by Gasteiger charge is -2.13. The second-order valence-electron chi connectivity index (χ2n) is 7.04. The maximum absolute atomic E-state index is 5.99. The lowest BCUT2D eigenvalue weighted by Crippen LogP contribution is -2.38. The zero-order chi connectivity index (χ0) is 18.9. The molecule has 1 aliphatic rings. The molecule has 2 N–H and O–H groups in total. The largest absolute Gasteiger partial charge is 0.493 e. The lowest BCUT2D eigenvalue weighted by molar-refractivity contribution is 0.297. The fourth-order valence-electron chi connectivity index (χ4n) is 2.87. The summed E-state index contributed by atoms with van der Waals surface area (Å²) in [6.45, 7) is 7.27. The van der Waals surface area contributed by atoms with Gasteiger partial charge in [0, 0.05) is 31.0 Å². The second kappa shape index (κ2) is 11.9. The number of halogens is 1. The Hall–Kier alpha value is -1.83. The predicted octanol–water partition coefficient (Wildman–Crippen LogP) is 4.09. The van der Waals surface area contributed by atoms with E-state index in [1.54, 1.807) is 0 Å². The number of nitrogens with one attached hydrogen (secondary N) is 2. The Morgan fingerprint density at radius 2 is 2.00 bits per heavy atom. The first-order valence-electron chi connectivity index (χ1n) is 9.88. The molecule has 0 bridgehead atoms. The summed E-state index contributed by atoms with van der Waals surface area (Å²) in [5.41, 5.74) is 3.66. The van der Waals surface area contributed by atoms with Crippen LogP contribution in [0.1, 0.15) is 36.5 Å². The van der Waals surface area contributed by atoms with Gasteiger partial charge in [0.2, 0.25) is 0 Å². The Morgan fingerprint density at radius 1 is 1.18 bits per heavy atom. The van der Waals surface area contributed by atoms with Crippen molar-refractivity contribution in [3.63, 3.8) is 0 Å². The van der Waals surface area contributed by atoms with Gasteiger partial charge in [-0.2, -0.15) is 0 Å². The maximum atomic E-state index is 5.99. The lowest BCUT2D eigenvalue weighted by atomic mass is 10.1. The molecule has 1 heterocycles. The molecule has 0 unspecified atom stereocenters. The van der Waals surface area contributed by atoms with Crippen LogP contribution in [0.15, 0.2) is 47.7 Å². The molecule has 152 valence electrons. The van der Waals surface area contributed by atoms with Crippen LogP contribution in [-0.4, -0.2) is 30.6 Å². The highest BCUT2D eigenvalue weighted by atomic mass is 127. The predicted molar refractivity (Wildman–Crippen MR) is 126 cm³/mol. The number of aryl methyl sites for hydroxylation is 1. The highest BCUT2D eigenvalue weighted by Gasteiger charge is 2.22.